The number of hydrogen-bond donors (Lipinski definition) is 2. The second-order valence-corrected chi connectivity index (χ2v) is 4.90. The van der Waals surface area contributed by atoms with Crippen LogP contribution < -0.4 is 0 Å². The van der Waals surface area contributed by atoms with Crippen LogP contribution in [0.4, 0.5) is 0 Å². The van der Waals surface area contributed by atoms with E-state index in [9.17, 15) is 10.2 Å². The van der Waals surface area contributed by atoms with Gasteiger partial charge in [0.05, 0.1) is 0 Å². The third-order valence-corrected chi connectivity index (χ3v) is 3.49. The Morgan fingerprint density at radius 3 is 1.38 bits per heavy atom. The number of aromatic nitrogens is 1. The number of aromatic hydroxyl groups is 2. The summed E-state index contributed by atoms with van der Waals surface area (Å²) in [6.45, 7) is 0. The van der Waals surface area contributed by atoms with Crippen molar-refractivity contribution in [1.29, 1.82) is 0 Å². The second kappa shape index (κ2) is 5.67. The monoisotopic (exact) mass is 277 g/mol. The third kappa shape index (κ3) is 2.87. The number of rotatable bonds is 3. The smallest absolute Gasteiger partial charge is 0.115 e. The van der Waals surface area contributed by atoms with Crippen LogP contribution in [0.2, 0.25) is 0 Å². The number of phenols is 2. The topological polar surface area (TPSA) is 53.4 Å². The molecule has 0 radical (unpaired) electrons. The molecule has 104 valence electrons. The Labute approximate surface area is 123 Å². The Bertz CT molecular complexity index is 661. The van der Waals surface area contributed by atoms with Gasteiger partial charge in [-0.05, 0) is 53.1 Å². The van der Waals surface area contributed by atoms with E-state index < -0.39 is 0 Å². The molecule has 3 rings (SSSR count). The van der Waals surface area contributed by atoms with Gasteiger partial charge in [0, 0.05) is 18.3 Å². The first-order chi connectivity index (χ1) is 10.2. The van der Waals surface area contributed by atoms with E-state index in [1.54, 1.807) is 36.7 Å². The summed E-state index contributed by atoms with van der Waals surface area (Å²) in [4.78, 5) is 4.06. The van der Waals surface area contributed by atoms with E-state index in [0.29, 0.717) is 0 Å². The minimum atomic E-state index is 0.0363. The van der Waals surface area contributed by atoms with E-state index >= 15 is 0 Å². The van der Waals surface area contributed by atoms with Gasteiger partial charge in [0.15, 0.2) is 0 Å². The van der Waals surface area contributed by atoms with Gasteiger partial charge in [-0.3, -0.25) is 4.98 Å². The summed E-state index contributed by atoms with van der Waals surface area (Å²) in [7, 11) is 0. The van der Waals surface area contributed by atoms with Crippen molar-refractivity contribution in [2.75, 3.05) is 0 Å². The fourth-order valence-corrected chi connectivity index (χ4v) is 2.47. The molecule has 0 amide bonds. The molecule has 0 aliphatic heterocycles. The molecule has 0 saturated heterocycles. The van der Waals surface area contributed by atoms with Gasteiger partial charge in [-0.2, -0.15) is 0 Å². The summed E-state index contributed by atoms with van der Waals surface area (Å²) >= 11 is 0. The molecule has 0 aliphatic rings. The van der Waals surface area contributed by atoms with Gasteiger partial charge < -0.3 is 10.2 Å². The molecule has 0 saturated carbocycles. The molecule has 0 fully saturated rings. The standard InChI is InChI=1S/C18H15NO2/c20-16-5-1-13(2-6-16)18(15-9-11-19-12-10-15)14-3-7-17(21)8-4-14/h1-12,18,20-21H. The van der Waals surface area contributed by atoms with Gasteiger partial charge in [0.25, 0.3) is 0 Å². The maximum atomic E-state index is 9.47. The van der Waals surface area contributed by atoms with Crippen molar-refractivity contribution < 1.29 is 10.2 Å². The van der Waals surface area contributed by atoms with Crippen molar-refractivity contribution in [3.63, 3.8) is 0 Å². The molecule has 0 aliphatic carbocycles. The quantitative estimate of drug-likeness (QED) is 0.768. The molecular weight excluding hydrogens is 262 g/mol. The van der Waals surface area contributed by atoms with Gasteiger partial charge >= 0.3 is 0 Å². The lowest BCUT2D eigenvalue weighted by Crippen LogP contribution is -2.03. The predicted molar refractivity (Wildman–Crippen MR) is 81.4 cm³/mol. The summed E-state index contributed by atoms with van der Waals surface area (Å²) in [6.07, 6.45) is 3.53. The average Bonchev–Trinajstić information content (AvgIpc) is 2.52. The van der Waals surface area contributed by atoms with Crippen LogP contribution in [0.5, 0.6) is 11.5 Å². The maximum absolute atomic E-state index is 9.47. The third-order valence-electron chi connectivity index (χ3n) is 3.49. The fraction of sp³-hybridized carbons (Fsp3) is 0.0556. The Morgan fingerprint density at radius 1 is 0.571 bits per heavy atom. The molecule has 0 atom stereocenters. The van der Waals surface area contributed by atoms with Crippen LogP contribution in [0, 0.1) is 0 Å². The highest BCUT2D eigenvalue weighted by Gasteiger charge is 2.16. The van der Waals surface area contributed by atoms with Crippen LogP contribution in [0.25, 0.3) is 0 Å². The number of pyridine rings is 1. The normalized spacial score (nSPS) is 10.7. The van der Waals surface area contributed by atoms with Crippen molar-refractivity contribution in [3.8, 4) is 11.5 Å². The van der Waals surface area contributed by atoms with Crippen molar-refractivity contribution in [2.24, 2.45) is 0 Å². The summed E-state index contributed by atoms with van der Waals surface area (Å²) in [5.41, 5.74) is 3.26. The molecule has 3 heteroatoms. The second-order valence-electron chi connectivity index (χ2n) is 4.90. The van der Waals surface area contributed by atoms with Crippen LogP contribution in [0.1, 0.15) is 22.6 Å². The molecule has 21 heavy (non-hydrogen) atoms. The number of hydrogen-bond acceptors (Lipinski definition) is 3. The highest BCUT2D eigenvalue weighted by Crippen LogP contribution is 2.33. The average molecular weight is 277 g/mol. The summed E-state index contributed by atoms with van der Waals surface area (Å²) in [5.74, 6) is 0.532. The van der Waals surface area contributed by atoms with Crippen LogP contribution in [0.15, 0.2) is 73.1 Å². The lowest BCUT2D eigenvalue weighted by Gasteiger charge is -2.18. The lowest BCUT2D eigenvalue weighted by molar-refractivity contribution is 0.475. The molecule has 3 nitrogen and oxygen atoms in total. The van der Waals surface area contributed by atoms with Crippen LogP contribution >= 0.6 is 0 Å². The van der Waals surface area contributed by atoms with Crippen molar-refractivity contribution in [3.05, 3.63) is 89.7 Å². The first-order valence-electron chi connectivity index (χ1n) is 6.72. The Balaban J connectivity index is 2.11. The van der Waals surface area contributed by atoms with Crippen LogP contribution in [-0.4, -0.2) is 15.2 Å². The Morgan fingerprint density at radius 2 is 0.952 bits per heavy atom. The van der Waals surface area contributed by atoms with Crippen molar-refractivity contribution >= 4 is 0 Å². The molecule has 2 aromatic carbocycles. The highest BCUT2D eigenvalue weighted by atomic mass is 16.3. The first-order valence-corrected chi connectivity index (χ1v) is 6.72. The number of nitrogens with zero attached hydrogens (tertiary/aromatic N) is 1. The molecule has 0 bridgehead atoms. The van der Waals surface area contributed by atoms with E-state index in [0.717, 1.165) is 16.7 Å². The zero-order valence-corrected chi connectivity index (χ0v) is 11.3. The highest BCUT2D eigenvalue weighted by molar-refractivity contribution is 5.44. The van der Waals surface area contributed by atoms with Gasteiger partial charge in [0.2, 0.25) is 0 Å². The summed E-state index contributed by atoms with van der Waals surface area (Å²) < 4.78 is 0. The Kier molecular flexibility index (Phi) is 3.56. The van der Waals surface area contributed by atoms with Gasteiger partial charge in [-0.1, -0.05) is 24.3 Å². The summed E-state index contributed by atoms with van der Waals surface area (Å²) in [5, 5.41) is 18.9. The molecule has 2 N–H and O–H groups in total. The maximum Gasteiger partial charge on any atom is 0.115 e. The predicted octanol–water partition coefficient (Wildman–Crippen LogP) is 3.67. The molecule has 1 aromatic heterocycles. The molecule has 3 aromatic rings. The van der Waals surface area contributed by atoms with Crippen LogP contribution in [0.3, 0.4) is 0 Å². The van der Waals surface area contributed by atoms with E-state index in [-0.39, 0.29) is 17.4 Å². The van der Waals surface area contributed by atoms with Gasteiger partial charge in [-0.15, -0.1) is 0 Å². The van der Waals surface area contributed by atoms with Gasteiger partial charge in [-0.25, -0.2) is 0 Å². The zero-order chi connectivity index (χ0) is 14.7. The van der Waals surface area contributed by atoms with Crippen molar-refractivity contribution in [1.82, 2.24) is 4.98 Å². The Hall–Kier alpha value is -2.81. The van der Waals surface area contributed by atoms with Gasteiger partial charge in [0.1, 0.15) is 11.5 Å². The van der Waals surface area contributed by atoms with Crippen molar-refractivity contribution in [2.45, 2.75) is 5.92 Å². The first kappa shape index (κ1) is 13.2. The number of phenolic OH excluding ortho intramolecular Hbond substituents is 2. The molecule has 0 unspecified atom stereocenters. The summed E-state index contributed by atoms with van der Waals surface area (Å²) in [6, 6.07) is 18.3. The minimum Gasteiger partial charge on any atom is -0.508 e. The largest absolute Gasteiger partial charge is 0.508 e. The molecular formula is C18H15NO2. The lowest BCUT2D eigenvalue weighted by atomic mass is 9.85. The zero-order valence-electron chi connectivity index (χ0n) is 11.3. The number of benzene rings is 2. The fourth-order valence-electron chi connectivity index (χ4n) is 2.47. The van der Waals surface area contributed by atoms with E-state index in [2.05, 4.69) is 4.98 Å². The van der Waals surface area contributed by atoms with E-state index in [1.807, 2.05) is 36.4 Å². The van der Waals surface area contributed by atoms with Crippen LogP contribution in [-0.2, 0) is 0 Å². The SMILES string of the molecule is Oc1ccc(C(c2ccncc2)c2ccc(O)cc2)cc1. The van der Waals surface area contributed by atoms with E-state index in [4.69, 9.17) is 0 Å². The van der Waals surface area contributed by atoms with E-state index in [1.165, 1.54) is 0 Å². The molecule has 0 spiro atoms. The minimum absolute atomic E-state index is 0.0363. The molecule has 1 heterocycles.